The lowest BCUT2D eigenvalue weighted by Gasteiger charge is -2.33. The van der Waals surface area contributed by atoms with Crippen LogP contribution in [0.5, 0.6) is 5.75 Å². The van der Waals surface area contributed by atoms with Crippen molar-refractivity contribution in [2.24, 2.45) is 5.41 Å². The van der Waals surface area contributed by atoms with E-state index in [2.05, 4.69) is 10.3 Å². The van der Waals surface area contributed by atoms with Crippen molar-refractivity contribution in [1.29, 1.82) is 0 Å². The maximum atomic E-state index is 13.6. The number of hydrogen-bond donors (Lipinski definition) is 2. The highest BCUT2D eigenvalue weighted by molar-refractivity contribution is 6.04. The van der Waals surface area contributed by atoms with Crippen LogP contribution in [0.1, 0.15) is 55.8 Å². The molecule has 0 radical (unpaired) electrons. The Hall–Kier alpha value is -4.35. The van der Waals surface area contributed by atoms with E-state index in [0.29, 0.717) is 30.8 Å². The van der Waals surface area contributed by atoms with Crippen molar-refractivity contribution in [3.8, 4) is 17.2 Å². The molecule has 1 aliphatic heterocycles. The van der Waals surface area contributed by atoms with Crippen molar-refractivity contribution in [2.45, 2.75) is 51.8 Å². The summed E-state index contributed by atoms with van der Waals surface area (Å²) in [5, 5.41) is 11.7. The molecule has 0 aliphatic carbocycles. The van der Waals surface area contributed by atoms with Gasteiger partial charge in [0, 0.05) is 24.2 Å². The van der Waals surface area contributed by atoms with Gasteiger partial charge < -0.3 is 24.5 Å². The van der Waals surface area contributed by atoms with Crippen LogP contribution in [0.15, 0.2) is 59.0 Å². The number of carboxylic acid groups (broad SMARTS) is 1. The highest BCUT2D eigenvalue weighted by Crippen LogP contribution is 2.35. The summed E-state index contributed by atoms with van der Waals surface area (Å²) in [6, 6.07) is 14.1. The zero-order chi connectivity index (χ0) is 29.8. The number of likely N-dealkylation sites (tertiary alicyclic amines) is 1. The number of carboxylic acids is 1. The lowest BCUT2D eigenvalue weighted by atomic mass is 9.88. The summed E-state index contributed by atoms with van der Waals surface area (Å²) < 4.78 is 51.7. The van der Waals surface area contributed by atoms with Crippen molar-refractivity contribution >= 4 is 23.5 Å². The largest absolute Gasteiger partial charge is 0.489 e. The molecule has 218 valence electrons. The third kappa shape index (κ3) is 7.44. The zero-order valence-electron chi connectivity index (χ0n) is 22.5. The van der Waals surface area contributed by atoms with Gasteiger partial charge in [-0.2, -0.15) is 13.2 Å². The molecule has 0 bridgehead atoms. The van der Waals surface area contributed by atoms with Crippen LogP contribution in [-0.4, -0.2) is 52.0 Å². The number of oxazole rings is 1. The molecular formula is C29H30F3N3O6. The van der Waals surface area contributed by atoms with Crippen LogP contribution in [0.2, 0.25) is 0 Å². The monoisotopic (exact) mass is 573 g/mol. The van der Waals surface area contributed by atoms with Gasteiger partial charge in [0.2, 0.25) is 17.6 Å². The number of anilines is 1. The molecule has 41 heavy (non-hydrogen) atoms. The number of benzene rings is 2. The molecule has 1 aliphatic rings. The van der Waals surface area contributed by atoms with E-state index in [1.165, 1.54) is 24.3 Å². The van der Waals surface area contributed by atoms with Gasteiger partial charge in [0.1, 0.15) is 11.9 Å². The number of amides is 2. The number of aliphatic carboxylic acids is 1. The van der Waals surface area contributed by atoms with Crippen LogP contribution in [0.25, 0.3) is 11.5 Å². The molecule has 1 unspecified atom stereocenters. The first kappa shape index (κ1) is 29.6. The van der Waals surface area contributed by atoms with Gasteiger partial charge in [-0.25, -0.2) is 4.98 Å². The Labute approximate surface area is 234 Å². The fourth-order valence-electron chi connectivity index (χ4n) is 4.32. The molecule has 12 heteroatoms. The number of halogens is 3. The van der Waals surface area contributed by atoms with Gasteiger partial charge in [0.25, 0.3) is 5.91 Å². The smallest absolute Gasteiger partial charge is 0.452 e. The predicted molar refractivity (Wildman–Crippen MR) is 142 cm³/mol. The minimum Gasteiger partial charge on any atom is -0.489 e. The highest BCUT2D eigenvalue weighted by atomic mass is 19.4. The number of ether oxygens (including phenoxy) is 1. The molecule has 1 fully saturated rings. The topological polar surface area (TPSA) is 122 Å². The molecule has 2 aromatic carbocycles. The molecule has 1 saturated heterocycles. The SMILES string of the molecule is CC(C)(CCC(=O)N1CCCC(Oc2ccc(NC(=O)c3nc(-c4ccccc4)oc3C(F)(F)F)cc2)C1)C(=O)O. The van der Waals surface area contributed by atoms with E-state index in [1.54, 1.807) is 49.1 Å². The number of rotatable bonds is 9. The average molecular weight is 574 g/mol. The van der Waals surface area contributed by atoms with Crippen molar-refractivity contribution in [3.05, 3.63) is 66.1 Å². The summed E-state index contributed by atoms with van der Waals surface area (Å²) in [6.45, 7) is 4.07. The zero-order valence-corrected chi connectivity index (χ0v) is 22.5. The van der Waals surface area contributed by atoms with Gasteiger partial charge in [-0.15, -0.1) is 0 Å². The van der Waals surface area contributed by atoms with E-state index in [4.69, 9.17) is 9.15 Å². The Bertz CT molecular complexity index is 1390. The van der Waals surface area contributed by atoms with E-state index >= 15 is 0 Å². The van der Waals surface area contributed by atoms with Crippen molar-refractivity contribution in [3.63, 3.8) is 0 Å². The van der Waals surface area contributed by atoms with Crippen LogP contribution in [0.3, 0.4) is 0 Å². The lowest BCUT2D eigenvalue weighted by molar-refractivity contribution is -0.153. The van der Waals surface area contributed by atoms with Crippen LogP contribution in [-0.2, 0) is 15.8 Å². The van der Waals surface area contributed by atoms with E-state index in [-0.39, 0.29) is 36.4 Å². The number of alkyl halides is 3. The minimum atomic E-state index is -4.92. The first-order valence-electron chi connectivity index (χ1n) is 13.1. The third-order valence-electron chi connectivity index (χ3n) is 6.81. The van der Waals surface area contributed by atoms with Gasteiger partial charge >= 0.3 is 12.1 Å². The number of nitrogens with zero attached hydrogens (tertiary/aromatic N) is 2. The van der Waals surface area contributed by atoms with Crippen LogP contribution in [0, 0.1) is 5.41 Å². The minimum absolute atomic E-state index is 0.120. The van der Waals surface area contributed by atoms with Crippen molar-refractivity contribution < 1.29 is 41.8 Å². The lowest BCUT2D eigenvalue weighted by Crippen LogP contribution is -2.44. The molecular weight excluding hydrogens is 543 g/mol. The Morgan fingerprint density at radius 3 is 2.41 bits per heavy atom. The van der Waals surface area contributed by atoms with Crippen molar-refractivity contribution in [2.75, 3.05) is 18.4 Å². The molecule has 0 saturated carbocycles. The molecule has 2 heterocycles. The molecule has 4 rings (SSSR count). The summed E-state index contributed by atoms with van der Waals surface area (Å²) in [5.41, 5.74) is -1.35. The number of hydrogen-bond acceptors (Lipinski definition) is 6. The fourth-order valence-corrected chi connectivity index (χ4v) is 4.32. The number of piperidine rings is 1. The summed E-state index contributed by atoms with van der Waals surface area (Å²) in [4.78, 5) is 42.2. The van der Waals surface area contributed by atoms with Gasteiger partial charge in [0.15, 0.2) is 5.69 Å². The summed E-state index contributed by atoms with van der Waals surface area (Å²) >= 11 is 0. The Kier molecular flexibility index (Phi) is 8.69. The Balaban J connectivity index is 1.37. The van der Waals surface area contributed by atoms with Crippen LogP contribution >= 0.6 is 0 Å². The molecule has 0 spiro atoms. The number of nitrogens with one attached hydrogen (secondary N) is 1. The molecule has 2 N–H and O–H groups in total. The summed E-state index contributed by atoms with van der Waals surface area (Å²) in [5.74, 6) is -3.52. The quantitative estimate of drug-likeness (QED) is 0.328. The third-order valence-corrected chi connectivity index (χ3v) is 6.81. The maximum Gasteiger partial charge on any atom is 0.452 e. The summed E-state index contributed by atoms with van der Waals surface area (Å²) in [6.07, 6.45) is -3.44. The number of carbonyl (C=O) groups is 3. The van der Waals surface area contributed by atoms with E-state index < -0.39 is 34.9 Å². The highest BCUT2D eigenvalue weighted by Gasteiger charge is 2.42. The van der Waals surface area contributed by atoms with Gasteiger partial charge in [-0.3, -0.25) is 14.4 Å². The van der Waals surface area contributed by atoms with E-state index in [0.717, 1.165) is 6.42 Å². The van der Waals surface area contributed by atoms with E-state index in [1.807, 2.05) is 0 Å². The standard InChI is InChI=1S/C29H30F3N3O6/c1-28(2,27(38)39)15-14-22(36)35-16-6-9-21(17-35)40-20-12-10-19(11-13-20)33-25(37)23-24(29(30,31)32)41-26(34-23)18-7-4-3-5-8-18/h3-5,7-8,10-13,21H,6,9,14-17H2,1-2H3,(H,33,37)(H,38,39). The van der Waals surface area contributed by atoms with Gasteiger partial charge in [-0.1, -0.05) is 18.2 Å². The second kappa shape index (κ2) is 12.0. The molecule has 1 atom stereocenters. The van der Waals surface area contributed by atoms with Crippen molar-refractivity contribution in [1.82, 2.24) is 9.88 Å². The molecule has 2 amide bonds. The van der Waals surface area contributed by atoms with Gasteiger partial charge in [-0.05, 0) is 69.5 Å². The molecule has 1 aromatic heterocycles. The van der Waals surface area contributed by atoms with Crippen LogP contribution < -0.4 is 10.1 Å². The first-order chi connectivity index (χ1) is 19.3. The number of carbonyl (C=O) groups excluding carboxylic acids is 2. The number of aromatic nitrogens is 1. The molecule has 3 aromatic rings. The normalized spacial score (nSPS) is 15.8. The fraction of sp³-hybridized carbons (Fsp3) is 0.379. The second-order valence-electron chi connectivity index (χ2n) is 10.4. The van der Waals surface area contributed by atoms with Gasteiger partial charge in [0.05, 0.1) is 12.0 Å². The second-order valence-corrected chi connectivity index (χ2v) is 10.4. The van der Waals surface area contributed by atoms with E-state index in [9.17, 15) is 32.7 Å². The Morgan fingerprint density at radius 1 is 1.10 bits per heavy atom. The first-order valence-corrected chi connectivity index (χ1v) is 13.1. The maximum absolute atomic E-state index is 13.6. The predicted octanol–water partition coefficient (Wildman–Crippen LogP) is 5.87. The van der Waals surface area contributed by atoms with Crippen LogP contribution in [0.4, 0.5) is 18.9 Å². The molecule has 9 nitrogen and oxygen atoms in total. The summed E-state index contributed by atoms with van der Waals surface area (Å²) in [7, 11) is 0. The Morgan fingerprint density at radius 2 is 1.78 bits per heavy atom. The average Bonchev–Trinajstić information content (AvgIpc) is 3.40.